The summed E-state index contributed by atoms with van der Waals surface area (Å²) in [6, 6.07) is -0.896. The molecule has 0 fully saturated rings. The van der Waals surface area contributed by atoms with Crippen LogP contribution in [0.25, 0.3) is 0 Å². The largest absolute Gasteiger partial charge is 0.480 e. The molecule has 2 N–H and O–H groups in total. The monoisotopic (exact) mass is 229 g/mol. The number of alkyl carbamates (subject to hydrolysis) is 1. The van der Waals surface area contributed by atoms with Crippen LogP contribution < -0.4 is 5.32 Å². The van der Waals surface area contributed by atoms with E-state index >= 15 is 0 Å². The van der Waals surface area contributed by atoms with Crippen molar-refractivity contribution in [3.05, 3.63) is 12.7 Å². The molecule has 5 nitrogen and oxygen atoms in total. The average Bonchev–Trinajstić information content (AvgIpc) is 2.24. The Morgan fingerprint density at radius 1 is 1.56 bits per heavy atom. The Kier molecular flexibility index (Phi) is 7.00. The molecule has 0 aromatic rings. The van der Waals surface area contributed by atoms with Crippen LogP contribution in [0, 0.1) is 5.92 Å². The fourth-order valence-electron chi connectivity index (χ4n) is 1.11. The van der Waals surface area contributed by atoms with E-state index in [0.717, 1.165) is 6.42 Å². The molecule has 5 heteroatoms. The molecule has 0 aromatic heterocycles. The van der Waals surface area contributed by atoms with Crippen molar-refractivity contribution < 1.29 is 19.4 Å². The van der Waals surface area contributed by atoms with Crippen molar-refractivity contribution in [2.75, 3.05) is 6.61 Å². The lowest BCUT2D eigenvalue weighted by atomic mass is 9.99. The second-order valence-corrected chi connectivity index (χ2v) is 3.67. The smallest absolute Gasteiger partial charge is 0.408 e. The lowest BCUT2D eigenvalue weighted by Gasteiger charge is -2.17. The number of carboxylic acid groups (broad SMARTS) is 1. The summed E-state index contributed by atoms with van der Waals surface area (Å²) in [5.74, 6) is -0.809. The Morgan fingerprint density at radius 2 is 2.19 bits per heavy atom. The number of nitrogens with one attached hydrogen (secondary N) is 1. The van der Waals surface area contributed by atoms with Crippen LogP contribution in [-0.2, 0) is 9.53 Å². The highest BCUT2D eigenvalue weighted by Gasteiger charge is 2.22. The maximum absolute atomic E-state index is 11.1. The van der Waals surface area contributed by atoms with Gasteiger partial charge in [-0.2, -0.15) is 0 Å². The number of carboxylic acids is 1. The summed E-state index contributed by atoms with van der Waals surface area (Å²) in [6.45, 7) is 7.37. The Bertz CT molecular complexity index is 252. The van der Waals surface area contributed by atoms with Gasteiger partial charge in [0, 0.05) is 0 Å². The van der Waals surface area contributed by atoms with Crippen molar-refractivity contribution in [2.24, 2.45) is 5.92 Å². The molecule has 0 aromatic carbocycles. The highest BCUT2D eigenvalue weighted by molar-refractivity contribution is 5.79. The van der Waals surface area contributed by atoms with Crippen LogP contribution in [0.1, 0.15) is 26.7 Å². The molecule has 0 radical (unpaired) electrons. The Labute approximate surface area is 95.5 Å². The van der Waals surface area contributed by atoms with Crippen molar-refractivity contribution in [1.29, 1.82) is 0 Å². The zero-order chi connectivity index (χ0) is 12.6. The van der Waals surface area contributed by atoms with Gasteiger partial charge in [0.2, 0.25) is 0 Å². The third-order valence-electron chi connectivity index (χ3n) is 2.26. The maximum Gasteiger partial charge on any atom is 0.408 e. The minimum absolute atomic E-state index is 0.0709. The van der Waals surface area contributed by atoms with Gasteiger partial charge in [0.1, 0.15) is 12.6 Å². The molecule has 0 saturated carbocycles. The van der Waals surface area contributed by atoms with Crippen LogP contribution in [-0.4, -0.2) is 29.8 Å². The van der Waals surface area contributed by atoms with Gasteiger partial charge in [0.15, 0.2) is 0 Å². The van der Waals surface area contributed by atoms with Crippen molar-refractivity contribution >= 4 is 12.1 Å². The van der Waals surface area contributed by atoms with Crippen LogP contribution >= 0.6 is 0 Å². The van der Waals surface area contributed by atoms with E-state index in [-0.39, 0.29) is 12.5 Å². The third-order valence-corrected chi connectivity index (χ3v) is 2.26. The SMILES string of the molecule is C=CCOC(=O)NC(CC(C)CC)C(=O)O. The number of carbonyl (C=O) groups is 2. The number of hydrogen-bond acceptors (Lipinski definition) is 3. The second-order valence-electron chi connectivity index (χ2n) is 3.67. The fourth-order valence-corrected chi connectivity index (χ4v) is 1.11. The van der Waals surface area contributed by atoms with Gasteiger partial charge in [-0.3, -0.25) is 0 Å². The van der Waals surface area contributed by atoms with Crippen LogP contribution in [0.5, 0.6) is 0 Å². The minimum atomic E-state index is -1.05. The van der Waals surface area contributed by atoms with E-state index in [0.29, 0.717) is 6.42 Å². The number of amides is 1. The van der Waals surface area contributed by atoms with E-state index in [1.54, 1.807) is 0 Å². The van der Waals surface area contributed by atoms with Gasteiger partial charge in [0.25, 0.3) is 0 Å². The molecular weight excluding hydrogens is 210 g/mol. The van der Waals surface area contributed by atoms with Crippen LogP contribution in [0.15, 0.2) is 12.7 Å². The van der Waals surface area contributed by atoms with E-state index in [1.165, 1.54) is 6.08 Å². The van der Waals surface area contributed by atoms with Gasteiger partial charge in [0.05, 0.1) is 0 Å². The summed E-state index contributed by atoms with van der Waals surface area (Å²) in [5.41, 5.74) is 0. The summed E-state index contributed by atoms with van der Waals surface area (Å²) < 4.78 is 4.66. The first-order valence-electron chi connectivity index (χ1n) is 5.28. The Hall–Kier alpha value is -1.52. The third kappa shape index (κ3) is 6.06. The number of aliphatic carboxylic acids is 1. The zero-order valence-electron chi connectivity index (χ0n) is 9.73. The summed E-state index contributed by atoms with van der Waals surface area (Å²) >= 11 is 0. The number of rotatable bonds is 7. The molecular formula is C11H19NO4. The Morgan fingerprint density at radius 3 is 2.62 bits per heavy atom. The molecule has 2 atom stereocenters. The van der Waals surface area contributed by atoms with E-state index in [4.69, 9.17) is 5.11 Å². The van der Waals surface area contributed by atoms with E-state index in [1.807, 2.05) is 13.8 Å². The quantitative estimate of drug-likeness (QED) is 0.652. The molecule has 92 valence electrons. The predicted octanol–water partition coefficient (Wildman–Crippen LogP) is 1.79. The van der Waals surface area contributed by atoms with Gasteiger partial charge in [-0.25, -0.2) is 9.59 Å². The van der Waals surface area contributed by atoms with E-state index in [9.17, 15) is 9.59 Å². The molecule has 0 saturated heterocycles. The van der Waals surface area contributed by atoms with Crippen molar-refractivity contribution in [2.45, 2.75) is 32.7 Å². The van der Waals surface area contributed by atoms with Gasteiger partial charge in [-0.1, -0.05) is 32.9 Å². The second kappa shape index (κ2) is 7.73. The lowest BCUT2D eigenvalue weighted by Crippen LogP contribution is -2.42. The summed E-state index contributed by atoms with van der Waals surface area (Å²) in [7, 11) is 0. The molecule has 0 rings (SSSR count). The summed E-state index contributed by atoms with van der Waals surface area (Å²) in [4.78, 5) is 22.0. The van der Waals surface area contributed by atoms with Gasteiger partial charge >= 0.3 is 12.1 Å². The summed E-state index contributed by atoms with van der Waals surface area (Å²) in [6.07, 6.45) is 1.96. The molecule has 1 amide bonds. The highest BCUT2D eigenvalue weighted by Crippen LogP contribution is 2.10. The first-order chi connectivity index (χ1) is 7.51. The van der Waals surface area contributed by atoms with E-state index in [2.05, 4.69) is 16.6 Å². The van der Waals surface area contributed by atoms with Crippen LogP contribution in [0.2, 0.25) is 0 Å². The molecule has 2 unspecified atom stereocenters. The minimum Gasteiger partial charge on any atom is -0.480 e. The van der Waals surface area contributed by atoms with Gasteiger partial charge in [-0.15, -0.1) is 0 Å². The number of hydrogen-bond donors (Lipinski definition) is 2. The maximum atomic E-state index is 11.1. The van der Waals surface area contributed by atoms with Gasteiger partial charge < -0.3 is 15.2 Å². The fraction of sp³-hybridized carbons (Fsp3) is 0.636. The molecule has 0 aliphatic carbocycles. The first-order valence-corrected chi connectivity index (χ1v) is 5.28. The zero-order valence-corrected chi connectivity index (χ0v) is 9.73. The number of carbonyl (C=O) groups excluding carboxylic acids is 1. The van der Waals surface area contributed by atoms with Crippen LogP contribution in [0.3, 0.4) is 0 Å². The standard InChI is InChI=1S/C11H19NO4/c1-4-6-16-11(15)12-9(10(13)14)7-8(3)5-2/h4,8-9H,1,5-7H2,2-3H3,(H,12,15)(H,13,14). The number of ether oxygens (including phenoxy) is 1. The normalized spacial score (nSPS) is 13.6. The summed E-state index contributed by atoms with van der Waals surface area (Å²) in [5, 5.41) is 11.2. The topological polar surface area (TPSA) is 75.6 Å². The highest BCUT2D eigenvalue weighted by atomic mass is 16.5. The molecule has 16 heavy (non-hydrogen) atoms. The molecule has 0 aliphatic rings. The molecule has 0 aliphatic heterocycles. The molecule has 0 heterocycles. The van der Waals surface area contributed by atoms with Crippen molar-refractivity contribution in [3.8, 4) is 0 Å². The predicted molar refractivity (Wildman–Crippen MR) is 60.2 cm³/mol. The van der Waals surface area contributed by atoms with Gasteiger partial charge in [-0.05, 0) is 12.3 Å². The van der Waals surface area contributed by atoms with E-state index < -0.39 is 18.1 Å². The Balaban J connectivity index is 4.17. The molecule has 0 spiro atoms. The average molecular weight is 229 g/mol. The van der Waals surface area contributed by atoms with Crippen molar-refractivity contribution in [3.63, 3.8) is 0 Å². The lowest BCUT2D eigenvalue weighted by molar-refractivity contribution is -0.139. The molecule has 0 bridgehead atoms. The van der Waals surface area contributed by atoms with Crippen molar-refractivity contribution in [1.82, 2.24) is 5.32 Å². The van der Waals surface area contributed by atoms with Crippen LogP contribution in [0.4, 0.5) is 4.79 Å². The first kappa shape index (κ1) is 14.5.